The highest BCUT2D eigenvalue weighted by Crippen LogP contribution is 2.17. The zero-order chi connectivity index (χ0) is 11.5. The number of rotatable bonds is 3. The van der Waals surface area contributed by atoms with Gasteiger partial charge in [-0.25, -0.2) is 9.07 Å². The van der Waals surface area contributed by atoms with Crippen molar-refractivity contribution in [3.63, 3.8) is 0 Å². The van der Waals surface area contributed by atoms with E-state index in [4.69, 9.17) is 0 Å². The molecular formula is C10H8Br2FN3. The Bertz CT molecular complexity index is 499. The molecule has 0 aliphatic rings. The summed E-state index contributed by atoms with van der Waals surface area (Å²) in [7, 11) is 0. The van der Waals surface area contributed by atoms with E-state index in [1.54, 1.807) is 16.8 Å². The van der Waals surface area contributed by atoms with Crippen molar-refractivity contribution in [3.8, 4) is 0 Å². The fourth-order valence-corrected chi connectivity index (χ4v) is 1.99. The third kappa shape index (κ3) is 2.68. The molecule has 2 aromatic rings. The van der Waals surface area contributed by atoms with Crippen LogP contribution in [0.5, 0.6) is 0 Å². The van der Waals surface area contributed by atoms with E-state index in [1.165, 1.54) is 6.07 Å². The summed E-state index contributed by atoms with van der Waals surface area (Å²) in [4.78, 5) is 0. The van der Waals surface area contributed by atoms with E-state index < -0.39 is 0 Å². The number of hydrogen-bond donors (Lipinski definition) is 0. The Hall–Kier alpha value is -0.750. The Balaban J connectivity index is 2.17. The van der Waals surface area contributed by atoms with Crippen LogP contribution in [0.2, 0.25) is 0 Å². The van der Waals surface area contributed by atoms with Crippen molar-refractivity contribution in [2.24, 2.45) is 0 Å². The maximum absolute atomic E-state index is 13.0. The fraction of sp³-hybridized carbons (Fsp3) is 0.200. The average Bonchev–Trinajstić information content (AvgIpc) is 2.71. The standard InChI is InChI=1S/C10H8Br2FN3/c11-4-8-6-16(15-14-8)5-7-1-2-10(13)9(12)3-7/h1-3,6H,4-5H2. The highest BCUT2D eigenvalue weighted by atomic mass is 79.9. The quantitative estimate of drug-likeness (QED) is 0.798. The summed E-state index contributed by atoms with van der Waals surface area (Å²) in [5.74, 6) is -0.261. The van der Waals surface area contributed by atoms with Gasteiger partial charge in [0.2, 0.25) is 0 Å². The summed E-state index contributed by atoms with van der Waals surface area (Å²) >= 11 is 6.45. The lowest BCUT2D eigenvalue weighted by atomic mass is 10.2. The molecule has 0 bridgehead atoms. The lowest BCUT2D eigenvalue weighted by Crippen LogP contribution is -2.00. The van der Waals surface area contributed by atoms with E-state index in [2.05, 4.69) is 42.2 Å². The molecule has 0 aliphatic carbocycles. The van der Waals surface area contributed by atoms with E-state index in [0.717, 1.165) is 11.3 Å². The van der Waals surface area contributed by atoms with E-state index in [0.29, 0.717) is 16.3 Å². The predicted molar refractivity (Wildman–Crippen MR) is 65.9 cm³/mol. The molecule has 0 saturated carbocycles. The highest BCUT2D eigenvalue weighted by molar-refractivity contribution is 9.10. The lowest BCUT2D eigenvalue weighted by Gasteiger charge is -2.02. The smallest absolute Gasteiger partial charge is 0.137 e. The van der Waals surface area contributed by atoms with Gasteiger partial charge in [-0.2, -0.15) is 0 Å². The Kier molecular flexibility index (Phi) is 3.70. The van der Waals surface area contributed by atoms with Crippen LogP contribution in [-0.2, 0) is 11.9 Å². The van der Waals surface area contributed by atoms with Crippen LogP contribution in [-0.4, -0.2) is 15.0 Å². The SMILES string of the molecule is Fc1ccc(Cn2cc(CBr)nn2)cc1Br. The Labute approximate surface area is 109 Å². The normalized spacial score (nSPS) is 10.7. The minimum atomic E-state index is -0.261. The molecule has 6 heteroatoms. The minimum absolute atomic E-state index is 0.261. The molecule has 84 valence electrons. The van der Waals surface area contributed by atoms with Gasteiger partial charge in [-0.1, -0.05) is 27.2 Å². The molecule has 0 spiro atoms. The second-order valence-electron chi connectivity index (χ2n) is 3.29. The van der Waals surface area contributed by atoms with Crippen LogP contribution in [0.15, 0.2) is 28.9 Å². The fourth-order valence-electron chi connectivity index (χ4n) is 1.30. The summed E-state index contributed by atoms with van der Waals surface area (Å²) in [5.41, 5.74) is 1.85. The van der Waals surface area contributed by atoms with Crippen LogP contribution in [0.1, 0.15) is 11.3 Å². The van der Waals surface area contributed by atoms with Crippen molar-refractivity contribution in [3.05, 3.63) is 45.9 Å². The van der Waals surface area contributed by atoms with Gasteiger partial charge in [-0.3, -0.25) is 0 Å². The molecule has 0 unspecified atom stereocenters. The van der Waals surface area contributed by atoms with E-state index in [-0.39, 0.29) is 5.82 Å². The van der Waals surface area contributed by atoms with Crippen molar-refractivity contribution in [1.29, 1.82) is 0 Å². The first-order valence-corrected chi connectivity index (χ1v) is 6.49. The largest absolute Gasteiger partial charge is 0.248 e. The third-order valence-corrected chi connectivity index (χ3v) is 3.23. The average molecular weight is 349 g/mol. The second kappa shape index (κ2) is 5.05. The molecule has 0 saturated heterocycles. The summed E-state index contributed by atoms with van der Waals surface area (Å²) in [6.45, 7) is 0.582. The molecule has 0 radical (unpaired) electrons. The molecule has 16 heavy (non-hydrogen) atoms. The Morgan fingerprint density at radius 3 is 2.81 bits per heavy atom. The minimum Gasteiger partial charge on any atom is -0.248 e. The van der Waals surface area contributed by atoms with Gasteiger partial charge in [-0.05, 0) is 33.6 Å². The number of halogens is 3. The highest BCUT2D eigenvalue weighted by Gasteiger charge is 2.03. The van der Waals surface area contributed by atoms with Gasteiger partial charge in [0, 0.05) is 11.5 Å². The van der Waals surface area contributed by atoms with Crippen molar-refractivity contribution < 1.29 is 4.39 Å². The lowest BCUT2D eigenvalue weighted by molar-refractivity contribution is 0.615. The zero-order valence-corrected chi connectivity index (χ0v) is 11.4. The van der Waals surface area contributed by atoms with Crippen LogP contribution in [0.25, 0.3) is 0 Å². The van der Waals surface area contributed by atoms with Crippen molar-refractivity contribution in [2.45, 2.75) is 11.9 Å². The molecule has 0 aliphatic heterocycles. The van der Waals surface area contributed by atoms with Gasteiger partial charge in [0.25, 0.3) is 0 Å². The van der Waals surface area contributed by atoms with Crippen LogP contribution in [0, 0.1) is 5.82 Å². The summed E-state index contributed by atoms with van der Waals surface area (Å²) < 4.78 is 15.2. The van der Waals surface area contributed by atoms with Gasteiger partial charge in [0.15, 0.2) is 0 Å². The van der Waals surface area contributed by atoms with Crippen molar-refractivity contribution in [2.75, 3.05) is 0 Å². The zero-order valence-electron chi connectivity index (χ0n) is 8.20. The predicted octanol–water partition coefficient (Wildman–Crippen LogP) is 3.12. The number of aromatic nitrogens is 3. The van der Waals surface area contributed by atoms with Gasteiger partial charge in [0.05, 0.1) is 16.7 Å². The molecule has 0 amide bonds. The molecule has 3 nitrogen and oxygen atoms in total. The van der Waals surface area contributed by atoms with Gasteiger partial charge in [-0.15, -0.1) is 5.10 Å². The monoisotopic (exact) mass is 347 g/mol. The number of benzene rings is 1. The van der Waals surface area contributed by atoms with Gasteiger partial charge < -0.3 is 0 Å². The Morgan fingerprint density at radius 1 is 1.38 bits per heavy atom. The molecule has 2 rings (SSSR count). The topological polar surface area (TPSA) is 30.7 Å². The van der Waals surface area contributed by atoms with Crippen molar-refractivity contribution in [1.82, 2.24) is 15.0 Å². The van der Waals surface area contributed by atoms with Crippen LogP contribution >= 0.6 is 31.9 Å². The maximum Gasteiger partial charge on any atom is 0.137 e. The molecule has 0 N–H and O–H groups in total. The Morgan fingerprint density at radius 2 is 2.19 bits per heavy atom. The first kappa shape index (κ1) is 11.7. The molecular weight excluding hydrogens is 341 g/mol. The summed E-state index contributed by atoms with van der Waals surface area (Å²) in [6, 6.07) is 4.90. The molecule has 1 heterocycles. The first-order valence-electron chi connectivity index (χ1n) is 4.58. The summed E-state index contributed by atoms with van der Waals surface area (Å²) in [5, 5.41) is 8.59. The maximum atomic E-state index is 13.0. The van der Waals surface area contributed by atoms with Gasteiger partial charge in [0.1, 0.15) is 5.82 Å². The number of hydrogen-bond acceptors (Lipinski definition) is 2. The molecule has 0 atom stereocenters. The van der Waals surface area contributed by atoms with Crippen LogP contribution in [0.4, 0.5) is 4.39 Å². The van der Waals surface area contributed by atoms with Crippen LogP contribution < -0.4 is 0 Å². The number of alkyl halides is 1. The van der Waals surface area contributed by atoms with E-state index in [1.807, 2.05) is 6.20 Å². The van der Waals surface area contributed by atoms with Gasteiger partial charge >= 0.3 is 0 Å². The molecule has 1 aromatic heterocycles. The molecule has 1 aromatic carbocycles. The third-order valence-electron chi connectivity index (χ3n) is 2.05. The summed E-state index contributed by atoms with van der Waals surface area (Å²) in [6.07, 6.45) is 1.85. The second-order valence-corrected chi connectivity index (χ2v) is 4.70. The van der Waals surface area contributed by atoms with Crippen LogP contribution in [0.3, 0.4) is 0 Å². The molecule has 0 fully saturated rings. The van der Waals surface area contributed by atoms with E-state index >= 15 is 0 Å². The first-order chi connectivity index (χ1) is 7.69. The number of nitrogens with zero attached hydrogens (tertiary/aromatic N) is 3. The van der Waals surface area contributed by atoms with E-state index in [9.17, 15) is 4.39 Å². The van der Waals surface area contributed by atoms with Crippen molar-refractivity contribution >= 4 is 31.9 Å².